The second-order valence-corrected chi connectivity index (χ2v) is 5.88. The second kappa shape index (κ2) is 7.22. The van der Waals surface area contributed by atoms with Gasteiger partial charge in [0.2, 0.25) is 5.95 Å². The molecule has 0 radical (unpaired) electrons. The van der Waals surface area contributed by atoms with Crippen LogP contribution in [0.1, 0.15) is 23.1 Å². The van der Waals surface area contributed by atoms with Gasteiger partial charge in [-0.1, -0.05) is 12.1 Å². The molecule has 5 nitrogen and oxygen atoms in total. The summed E-state index contributed by atoms with van der Waals surface area (Å²) in [5.74, 6) is 1.10. The number of benzene rings is 1. The number of aromatic nitrogens is 2. The van der Waals surface area contributed by atoms with Crippen LogP contribution >= 0.6 is 0 Å². The summed E-state index contributed by atoms with van der Waals surface area (Å²) in [5, 5.41) is 3.24. The number of hydrogen-bond acceptors (Lipinski definition) is 5. The zero-order valence-corrected chi connectivity index (χ0v) is 13.8. The topological polar surface area (TPSA) is 67.1 Å². The van der Waals surface area contributed by atoms with Crippen LogP contribution in [-0.2, 0) is 6.42 Å². The molecular formula is C17H25N5. The van der Waals surface area contributed by atoms with Crippen molar-refractivity contribution in [2.75, 3.05) is 31.7 Å². The average molecular weight is 299 g/mol. The third-order valence-electron chi connectivity index (χ3n) is 3.80. The lowest BCUT2D eigenvalue weighted by Crippen LogP contribution is -2.14. The maximum atomic E-state index is 6.06. The van der Waals surface area contributed by atoms with E-state index < -0.39 is 0 Å². The molecule has 118 valence electrons. The molecule has 3 N–H and O–H groups in total. The predicted octanol–water partition coefficient (Wildman–Crippen LogP) is 2.91. The predicted molar refractivity (Wildman–Crippen MR) is 92.5 cm³/mol. The first kappa shape index (κ1) is 16.2. The maximum absolute atomic E-state index is 6.06. The van der Waals surface area contributed by atoms with Gasteiger partial charge in [-0.2, -0.15) is 4.98 Å². The van der Waals surface area contributed by atoms with E-state index in [0.29, 0.717) is 11.8 Å². The van der Waals surface area contributed by atoms with Gasteiger partial charge in [-0.25, -0.2) is 4.98 Å². The number of rotatable bonds is 6. The average Bonchev–Trinajstić information content (AvgIpc) is 2.46. The largest absolute Gasteiger partial charge is 0.383 e. The van der Waals surface area contributed by atoms with E-state index in [9.17, 15) is 0 Å². The molecule has 0 aliphatic rings. The molecule has 0 bridgehead atoms. The number of nitrogens with two attached hydrogens (primary N) is 1. The molecule has 0 spiro atoms. The molecular weight excluding hydrogens is 274 g/mol. The van der Waals surface area contributed by atoms with E-state index >= 15 is 0 Å². The van der Waals surface area contributed by atoms with Gasteiger partial charge >= 0.3 is 0 Å². The number of hydrogen-bond donors (Lipinski definition) is 2. The summed E-state index contributed by atoms with van der Waals surface area (Å²) in [5.41, 5.74) is 10.5. The summed E-state index contributed by atoms with van der Waals surface area (Å²) in [6.45, 7) is 5.20. The van der Waals surface area contributed by atoms with Crippen LogP contribution in [0.5, 0.6) is 0 Å². The van der Waals surface area contributed by atoms with E-state index in [0.717, 1.165) is 30.6 Å². The van der Waals surface area contributed by atoms with E-state index in [2.05, 4.69) is 54.2 Å². The van der Waals surface area contributed by atoms with Gasteiger partial charge in [-0.3, -0.25) is 0 Å². The molecule has 1 aromatic carbocycles. The molecule has 2 aromatic rings. The van der Waals surface area contributed by atoms with Crippen molar-refractivity contribution in [3.63, 3.8) is 0 Å². The lowest BCUT2D eigenvalue weighted by Gasteiger charge is -2.12. The van der Waals surface area contributed by atoms with Gasteiger partial charge in [-0.15, -0.1) is 0 Å². The van der Waals surface area contributed by atoms with Gasteiger partial charge in [0.15, 0.2) is 0 Å². The van der Waals surface area contributed by atoms with Gasteiger partial charge in [0.05, 0.1) is 0 Å². The van der Waals surface area contributed by atoms with Crippen LogP contribution in [0.4, 0.5) is 17.5 Å². The smallest absolute Gasteiger partial charge is 0.229 e. The molecule has 1 aromatic heterocycles. The number of anilines is 3. The van der Waals surface area contributed by atoms with Crippen molar-refractivity contribution in [1.82, 2.24) is 14.9 Å². The van der Waals surface area contributed by atoms with E-state index in [1.807, 2.05) is 18.3 Å². The molecule has 0 atom stereocenters. The Labute approximate surface area is 132 Å². The van der Waals surface area contributed by atoms with Crippen molar-refractivity contribution >= 4 is 17.5 Å². The van der Waals surface area contributed by atoms with Crippen molar-refractivity contribution in [3.05, 3.63) is 41.1 Å². The Bertz CT molecular complexity index is 637. The van der Waals surface area contributed by atoms with Crippen molar-refractivity contribution in [2.24, 2.45) is 0 Å². The van der Waals surface area contributed by atoms with E-state index in [4.69, 9.17) is 5.73 Å². The van der Waals surface area contributed by atoms with Crippen molar-refractivity contribution in [2.45, 2.75) is 26.7 Å². The Balaban J connectivity index is 2.07. The fraction of sp³-hybridized carbons (Fsp3) is 0.412. The summed E-state index contributed by atoms with van der Waals surface area (Å²) >= 11 is 0. The van der Waals surface area contributed by atoms with E-state index in [-0.39, 0.29) is 0 Å². The van der Waals surface area contributed by atoms with Crippen LogP contribution in [0.25, 0.3) is 0 Å². The molecule has 2 rings (SSSR count). The highest BCUT2D eigenvalue weighted by atomic mass is 15.1. The van der Waals surface area contributed by atoms with Crippen LogP contribution in [0, 0.1) is 13.8 Å². The molecule has 1 heterocycles. The SMILES string of the molecule is Cc1cccc(Nc2ncc(CCCN(C)C)c(N)n2)c1C. The molecule has 0 saturated carbocycles. The fourth-order valence-corrected chi connectivity index (χ4v) is 2.27. The number of aryl methyl sites for hydroxylation is 2. The monoisotopic (exact) mass is 299 g/mol. The van der Waals surface area contributed by atoms with E-state index in [1.165, 1.54) is 11.1 Å². The van der Waals surface area contributed by atoms with Gasteiger partial charge in [0, 0.05) is 17.4 Å². The summed E-state index contributed by atoms with van der Waals surface area (Å²) in [6, 6.07) is 6.13. The summed E-state index contributed by atoms with van der Waals surface area (Å²) in [6.07, 6.45) is 3.77. The Hall–Kier alpha value is -2.14. The molecule has 0 amide bonds. The Morgan fingerprint density at radius 3 is 2.68 bits per heavy atom. The van der Waals surface area contributed by atoms with E-state index in [1.54, 1.807) is 0 Å². The van der Waals surface area contributed by atoms with Crippen molar-refractivity contribution in [3.8, 4) is 0 Å². The van der Waals surface area contributed by atoms with Crippen LogP contribution in [0.3, 0.4) is 0 Å². The lowest BCUT2D eigenvalue weighted by molar-refractivity contribution is 0.400. The first-order chi connectivity index (χ1) is 10.5. The highest BCUT2D eigenvalue weighted by Crippen LogP contribution is 2.22. The first-order valence-electron chi connectivity index (χ1n) is 7.56. The molecule has 0 unspecified atom stereocenters. The van der Waals surface area contributed by atoms with Crippen molar-refractivity contribution in [1.29, 1.82) is 0 Å². The Morgan fingerprint density at radius 2 is 2.00 bits per heavy atom. The molecule has 5 heteroatoms. The molecule has 22 heavy (non-hydrogen) atoms. The number of nitrogens with one attached hydrogen (secondary N) is 1. The molecule has 0 saturated heterocycles. The number of nitrogens with zero attached hydrogens (tertiary/aromatic N) is 3. The van der Waals surface area contributed by atoms with Gasteiger partial charge < -0.3 is 16.0 Å². The third kappa shape index (κ3) is 4.18. The van der Waals surface area contributed by atoms with Gasteiger partial charge in [-0.05, 0) is 64.5 Å². The Kier molecular flexibility index (Phi) is 5.33. The minimum atomic E-state index is 0.544. The highest BCUT2D eigenvalue weighted by Gasteiger charge is 2.07. The van der Waals surface area contributed by atoms with Crippen LogP contribution in [0.2, 0.25) is 0 Å². The normalized spacial score (nSPS) is 11.0. The fourth-order valence-electron chi connectivity index (χ4n) is 2.27. The summed E-state index contributed by atoms with van der Waals surface area (Å²) in [7, 11) is 4.13. The summed E-state index contributed by atoms with van der Waals surface area (Å²) in [4.78, 5) is 10.9. The zero-order chi connectivity index (χ0) is 16.1. The summed E-state index contributed by atoms with van der Waals surface area (Å²) < 4.78 is 0. The minimum absolute atomic E-state index is 0.544. The minimum Gasteiger partial charge on any atom is -0.383 e. The molecule has 0 fully saturated rings. The van der Waals surface area contributed by atoms with Crippen LogP contribution in [-0.4, -0.2) is 35.5 Å². The highest BCUT2D eigenvalue weighted by molar-refractivity contribution is 5.61. The van der Waals surface area contributed by atoms with Gasteiger partial charge in [0.1, 0.15) is 5.82 Å². The Morgan fingerprint density at radius 1 is 1.23 bits per heavy atom. The number of nitrogen functional groups attached to an aromatic ring is 1. The molecule has 0 aliphatic carbocycles. The quantitative estimate of drug-likeness (QED) is 0.858. The van der Waals surface area contributed by atoms with Crippen LogP contribution < -0.4 is 11.1 Å². The zero-order valence-electron chi connectivity index (χ0n) is 13.8. The third-order valence-corrected chi connectivity index (χ3v) is 3.80. The standard InChI is InChI=1S/C17H25N5/c1-12-7-5-9-15(13(12)2)20-17-19-11-14(16(18)21-17)8-6-10-22(3)4/h5,7,9,11H,6,8,10H2,1-4H3,(H3,18,19,20,21). The van der Waals surface area contributed by atoms with Gasteiger partial charge in [0.25, 0.3) is 0 Å². The van der Waals surface area contributed by atoms with Crippen molar-refractivity contribution < 1.29 is 0 Å². The first-order valence-corrected chi connectivity index (χ1v) is 7.56. The lowest BCUT2D eigenvalue weighted by atomic mass is 10.1. The van der Waals surface area contributed by atoms with Crippen LogP contribution in [0.15, 0.2) is 24.4 Å². The maximum Gasteiger partial charge on any atom is 0.229 e. The second-order valence-electron chi connectivity index (χ2n) is 5.88. The molecule has 0 aliphatic heterocycles.